The van der Waals surface area contributed by atoms with E-state index in [1.54, 1.807) is 13.0 Å². The second kappa shape index (κ2) is 6.91. The minimum absolute atomic E-state index is 0.00462. The molecule has 2 aromatic rings. The zero-order chi connectivity index (χ0) is 15.4. The number of thioether (sulfide) groups is 1. The number of aryl methyl sites for hydroxylation is 1. The van der Waals surface area contributed by atoms with E-state index >= 15 is 0 Å². The molecule has 2 nitrogen and oxygen atoms in total. The van der Waals surface area contributed by atoms with Gasteiger partial charge >= 0.3 is 0 Å². The van der Waals surface area contributed by atoms with E-state index in [1.165, 1.54) is 42.1 Å². The van der Waals surface area contributed by atoms with Crippen LogP contribution in [0.2, 0.25) is 5.02 Å². The second-order valence-electron chi connectivity index (χ2n) is 4.40. The molecule has 21 heavy (non-hydrogen) atoms. The zero-order valence-corrected chi connectivity index (χ0v) is 12.7. The van der Waals surface area contributed by atoms with Crippen LogP contribution in [0.15, 0.2) is 41.3 Å². The van der Waals surface area contributed by atoms with Crippen LogP contribution in [-0.4, -0.2) is 11.7 Å². The van der Waals surface area contributed by atoms with Gasteiger partial charge in [-0.1, -0.05) is 17.7 Å². The smallest absolute Gasteiger partial charge is 0.234 e. The second-order valence-corrected chi connectivity index (χ2v) is 5.85. The minimum atomic E-state index is -0.507. The molecule has 0 spiro atoms. The quantitative estimate of drug-likeness (QED) is 0.828. The number of anilines is 1. The molecule has 2 rings (SSSR count). The van der Waals surface area contributed by atoms with Crippen LogP contribution in [0.1, 0.15) is 5.56 Å². The molecular formula is C15H12ClF2NOS. The third-order valence-electron chi connectivity index (χ3n) is 2.66. The van der Waals surface area contributed by atoms with E-state index in [4.69, 9.17) is 11.6 Å². The first-order chi connectivity index (χ1) is 9.95. The van der Waals surface area contributed by atoms with Crippen molar-refractivity contribution in [3.63, 3.8) is 0 Å². The minimum Gasteiger partial charge on any atom is -0.323 e. The number of benzene rings is 2. The van der Waals surface area contributed by atoms with Crippen molar-refractivity contribution in [2.24, 2.45) is 0 Å². The Hall–Kier alpha value is -1.59. The number of halogens is 3. The van der Waals surface area contributed by atoms with Crippen molar-refractivity contribution in [2.45, 2.75) is 11.8 Å². The topological polar surface area (TPSA) is 29.1 Å². The van der Waals surface area contributed by atoms with Crippen molar-refractivity contribution in [3.05, 3.63) is 58.6 Å². The fourth-order valence-electron chi connectivity index (χ4n) is 1.62. The predicted octanol–water partition coefficient (Wildman–Crippen LogP) is 4.66. The van der Waals surface area contributed by atoms with Crippen LogP contribution in [0.5, 0.6) is 0 Å². The Bertz CT molecular complexity index is 679. The summed E-state index contributed by atoms with van der Waals surface area (Å²) in [6.07, 6.45) is 0. The molecule has 0 unspecified atom stereocenters. The van der Waals surface area contributed by atoms with Gasteiger partial charge in [0.2, 0.25) is 5.91 Å². The van der Waals surface area contributed by atoms with Crippen molar-refractivity contribution in [1.29, 1.82) is 0 Å². The maximum atomic E-state index is 13.6. The van der Waals surface area contributed by atoms with E-state index in [0.29, 0.717) is 4.90 Å². The molecule has 0 saturated heterocycles. The van der Waals surface area contributed by atoms with Crippen molar-refractivity contribution in [2.75, 3.05) is 11.1 Å². The maximum absolute atomic E-state index is 13.6. The normalized spacial score (nSPS) is 10.5. The highest BCUT2D eigenvalue weighted by atomic mass is 35.5. The Balaban J connectivity index is 1.94. The van der Waals surface area contributed by atoms with E-state index in [-0.39, 0.29) is 22.4 Å². The third kappa shape index (κ3) is 4.44. The first kappa shape index (κ1) is 15.8. The summed E-state index contributed by atoms with van der Waals surface area (Å²) >= 11 is 6.85. The van der Waals surface area contributed by atoms with Gasteiger partial charge in [-0.3, -0.25) is 4.79 Å². The largest absolute Gasteiger partial charge is 0.323 e. The molecular weight excluding hydrogens is 316 g/mol. The van der Waals surface area contributed by atoms with Crippen LogP contribution >= 0.6 is 23.4 Å². The maximum Gasteiger partial charge on any atom is 0.234 e. The Morgan fingerprint density at radius 2 is 1.95 bits per heavy atom. The lowest BCUT2D eigenvalue weighted by Gasteiger charge is -2.07. The van der Waals surface area contributed by atoms with Gasteiger partial charge in [-0.2, -0.15) is 0 Å². The highest BCUT2D eigenvalue weighted by molar-refractivity contribution is 8.00. The van der Waals surface area contributed by atoms with Crippen molar-refractivity contribution in [1.82, 2.24) is 0 Å². The average molecular weight is 328 g/mol. The average Bonchev–Trinajstić information content (AvgIpc) is 2.43. The lowest BCUT2D eigenvalue weighted by molar-refractivity contribution is -0.113. The standard InChI is InChI=1S/C15H12ClF2NOS/c1-9-2-5-14(13(18)6-9)19-15(20)8-21-10-3-4-12(17)11(16)7-10/h2-7H,8H2,1H3,(H,19,20). The van der Waals surface area contributed by atoms with Gasteiger partial charge in [0.25, 0.3) is 0 Å². The van der Waals surface area contributed by atoms with Crippen LogP contribution in [0.4, 0.5) is 14.5 Å². The zero-order valence-electron chi connectivity index (χ0n) is 11.1. The summed E-state index contributed by atoms with van der Waals surface area (Å²) in [7, 11) is 0. The molecule has 0 heterocycles. The van der Waals surface area contributed by atoms with Gasteiger partial charge in [0.15, 0.2) is 0 Å². The lowest BCUT2D eigenvalue weighted by atomic mass is 10.2. The summed E-state index contributed by atoms with van der Waals surface area (Å²) in [4.78, 5) is 12.4. The van der Waals surface area contributed by atoms with Gasteiger partial charge in [0.05, 0.1) is 16.5 Å². The van der Waals surface area contributed by atoms with E-state index in [9.17, 15) is 13.6 Å². The van der Waals surface area contributed by atoms with E-state index in [1.807, 2.05) is 0 Å². The lowest BCUT2D eigenvalue weighted by Crippen LogP contribution is -2.15. The van der Waals surface area contributed by atoms with Crippen LogP contribution in [0.25, 0.3) is 0 Å². The van der Waals surface area contributed by atoms with Crippen molar-refractivity contribution in [3.8, 4) is 0 Å². The number of hydrogen-bond acceptors (Lipinski definition) is 2. The van der Waals surface area contributed by atoms with Crippen LogP contribution < -0.4 is 5.32 Å². The molecule has 0 aliphatic carbocycles. The highest BCUT2D eigenvalue weighted by Crippen LogP contribution is 2.24. The fraction of sp³-hybridized carbons (Fsp3) is 0.133. The van der Waals surface area contributed by atoms with Crippen LogP contribution in [0.3, 0.4) is 0 Å². The molecule has 0 aliphatic rings. The van der Waals surface area contributed by atoms with Gasteiger partial charge in [-0.05, 0) is 42.8 Å². The number of carbonyl (C=O) groups excluding carboxylic acids is 1. The molecule has 1 N–H and O–H groups in total. The van der Waals surface area contributed by atoms with Crippen LogP contribution in [0, 0.1) is 18.6 Å². The predicted molar refractivity (Wildman–Crippen MR) is 81.9 cm³/mol. The number of amides is 1. The summed E-state index contributed by atoms with van der Waals surface area (Å²) < 4.78 is 26.6. The molecule has 0 radical (unpaired) electrons. The molecule has 0 saturated carbocycles. The molecule has 0 aromatic heterocycles. The highest BCUT2D eigenvalue weighted by Gasteiger charge is 2.08. The van der Waals surface area contributed by atoms with Crippen molar-refractivity contribution < 1.29 is 13.6 Å². The van der Waals surface area contributed by atoms with Gasteiger partial charge in [-0.15, -0.1) is 11.8 Å². The molecule has 110 valence electrons. The van der Waals surface area contributed by atoms with Crippen molar-refractivity contribution >= 4 is 35.0 Å². The van der Waals surface area contributed by atoms with Gasteiger partial charge in [0.1, 0.15) is 11.6 Å². The molecule has 6 heteroatoms. The monoisotopic (exact) mass is 327 g/mol. The van der Waals surface area contributed by atoms with E-state index < -0.39 is 11.6 Å². The van der Waals surface area contributed by atoms with Crippen LogP contribution in [-0.2, 0) is 4.79 Å². The van der Waals surface area contributed by atoms with E-state index in [0.717, 1.165) is 5.56 Å². The van der Waals surface area contributed by atoms with Gasteiger partial charge in [0, 0.05) is 4.90 Å². The summed E-state index contributed by atoms with van der Waals surface area (Å²) in [5.41, 5.74) is 0.921. The molecule has 0 atom stereocenters. The molecule has 2 aromatic carbocycles. The number of hydrogen-bond donors (Lipinski definition) is 1. The summed E-state index contributed by atoms with van der Waals surface area (Å²) in [6.45, 7) is 1.77. The number of nitrogens with one attached hydrogen (secondary N) is 1. The Morgan fingerprint density at radius 3 is 2.62 bits per heavy atom. The first-order valence-electron chi connectivity index (χ1n) is 6.09. The SMILES string of the molecule is Cc1ccc(NC(=O)CSc2ccc(F)c(Cl)c2)c(F)c1. The summed E-state index contributed by atoms with van der Waals surface area (Å²) in [6, 6.07) is 8.80. The summed E-state index contributed by atoms with van der Waals surface area (Å²) in [5, 5.41) is 2.50. The van der Waals surface area contributed by atoms with Gasteiger partial charge in [-0.25, -0.2) is 8.78 Å². The summed E-state index contributed by atoms with van der Waals surface area (Å²) in [5.74, 6) is -1.25. The number of carbonyl (C=O) groups is 1. The molecule has 1 amide bonds. The molecule has 0 bridgehead atoms. The molecule has 0 aliphatic heterocycles. The van der Waals surface area contributed by atoms with E-state index in [2.05, 4.69) is 5.32 Å². The third-order valence-corrected chi connectivity index (χ3v) is 3.94. The molecule has 0 fully saturated rings. The fourth-order valence-corrected chi connectivity index (χ4v) is 2.60. The first-order valence-corrected chi connectivity index (χ1v) is 7.46. The Morgan fingerprint density at radius 1 is 1.19 bits per heavy atom. The Kier molecular flexibility index (Phi) is 5.20. The Labute approximate surface area is 130 Å². The number of rotatable bonds is 4. The van der Waals surface area contributed by atoms with Gasteiger partial charge < -0.3 is 5.32 Å².